The van der Waals surface area contributed by atoms with Gasteiger partial charge in [-0.2, -0.15) is 18.7 Å². The predicted molar refractivity (Wildman–Crippen MR) is 239 cm³/mol. The minimum absolute atomic E-state index is 0.280. The lowest BCUT2D eigenvalue weighted by Crippen LogP contribution is -2.41. The van der Waals surface area contributed by atoms with Crippen molar-refractivity contribution in [3.8, 4) is 0 Å². The molecular formula is C43H60N10O4S2. The average Bonchev–Trinajstić information content (AvgIpc) is 3.99. The van der Waals surface area contributed by atoms with Crippen molar-refractivity contribution in [1.29, 1.82) is 0 Å². The Hall–Kier alpha value is -4.70. The molecule has 0 aliphatic carbocycles. The highest BCUT2D eigenvalue weighted by Crippen LogP contribution is 2.37. The van der Waals surface area contributed by atoms with Crippen molar-refractivity contribution in [2.24, 2.45) is 23.7 Å². The molecule has 2 aromatic heterocycles. The SMILES string of the molecule is CN(C)c1nsc(N2CCC(C3CCN(c4ccc(C(=O)O)cc4)CC3)CC2)n1.COC(=O)c1ccc(N2CCC(C3CCN(c4nc(N(C)C)ns4)CC3)CC2)cc1. The van der Waals surface area contributed by atoms with Crippen LogP contribution in [-0.2, 0) is 4.74 Å². The Morgan fingerprint density at radius 2 is 0.881 bits per heavy atom. The average molecular weight is 845 g/mol. The van der Waals surface area contributed by atoms with Crippen LogP contribution in [0.15, 0.2) is 48.5 Å². The summed E-state index contributed by atoms with van der Waals surface area (Å²) in [5.41, 5.74) is 3.29. The standard InChI is InChI=1S/C22H31N5O2S.C21H29N5O2S/c1-25(2)21-23-22(30-24-21)27-14-10-17(11-15-27)16-8-12-26(13-9-16)19-6-4-18(5-7-19)20(28)29-3;1-24(2)20-22-21(29-23-20)26-13-9-16(10-14-26)15-7-11-25(12-8-15)18-5-3-17(4-6-18)19(27)28/h4-7,16-17H,8-15H2,1-3H3;3-6,15-16H,7-14H2,1-2H3,(H,27,28). The molecule has 4 fully saturated rings. The number of carbonyl (C=O) groups is 2. The lowest BCUT2D eigenvalue weighted by Gasteiger charge is -2.40. The Bertz CT molecular complexity index is 1940. The van der Waals surface area contributed by atoms with Crippen molar-refractivity contribution in [2.45, 2.75) is 51.4 Å². The highest BCUT2D eigenvalue weighted by atomic mass is 32.1. The first-order chi connectivity index (χ1) is 28.6. The molecule has 16 heteroatoms. The van der Waals surface area contributed by atoms with Gasteiger partial charge in [-0.25, -0.2) is 9.59 Å². The molecule has 0 unspecified atom stereocenters. The smallest absolute Gasteiger partial charge is 0.337 e. The van der Waals surface area contributed by atoms with Crippen molar-refractivity contribution in [1.82, 2.24) is 18.7 Å². The number of carboxylic acid groups (broad SMARTS) is 1. The maximum absolute atomic E-state index is 11.6. The van der Waals surface area contributed by atoms with Gasteiger partial charge in [0.05, 0.1) is 18.2 Å². The van der Waals surface area contributed by atoms with Crippen molar-refractivity contribution in [3.63, 3.8) is 0 Å². The zero-order valence-electron chi connectivity index (χ0n) is 35.2. The van der Waals surface area contributed by atoms with Crippen LogP contribution in [0.4, 0.5) is 33.5 Å². The predicted octanol–water partition coefficient (Wildman–Crippen LogP) is 6.96. The summed E-state index contributed by atoms with van der Waals surface area (Å²) in [7, 11) is 9.34. The van der Waals surface area contributed by atoms with Crippen LogP contribution in [-0.4, -0.2) is 123 Å². The summed E-state index contributed by atoms with van der Waals surface area (Å²) in [6.07, 6.45) is 9.87. The molecular weight excluding hydrogens is 785 g/mol. The molecule has 0 atom stereocenters. The lowest BCUT2D eigenvalue weighted by molar-refractivity contribution is 0.0599. The number of hydrogen-bond acceptors (Lipinski definition) is 15. The number of carbonyl (C=O) groups excluding carboxylic acids is 1. The van der Waals surface area contributed by atoms with Gasteiger partial charge in [0.1, 0.15) is 0 Å². The van der Waals surface area contributed by atoms with Gasteiger partial charge >= 0.3 is 11.9 Å². The number of hydrogen-bond donors (Lipinski definition) is 1. The zero-order chi connectivity index (χ0) is 41.5. The molecule has 0 saturated carbocycles. The first-order valence-corrected chi connectivity index (χ1v) is 22.6. The number of rotatable bonds is 10. The van der Waals surface area contributed by atoms with Crippen LogP contribution in [0.2, 0.25) is 0 Å². The molecule has 0 spiro atoms. The molecule has 1 N–H and O–H groups in total. The van der Waals surface area contributed by atoms with Gasteiger partial charge in [0, 0.05) is 115 Å². The van der Waals surface area contributed by atoms with Gasteiger partial charge in [-0.3, -0.25) is 0 Å². The van der Waals surface area contributed by atoms with Crippen molar-refractivity contribution >= 4 is 68.5 Å². The van der Waals surface area contributed by atoms with E-state index in [4.69, 9.17) is 9.84 Å². The molecule has 8 rings (SSSR count). The van der Waals surface area contributed by atoms with Crippen LogP contribution in [0.1, 0.15) is 72.1 Å². The fourth-order valence-electron chi connectivity index (χ4n) is 9.16. The third-order valence-electron chi connectivity index (χ3n) is 12.8. The molecule has 0 amide bonds. The monoisotopic (exact) mass is 844 g/mol. The van der Waals surface area contributed by atoms with Crippen molar-refractivity contribution in [2.75, 3.05) is 117 Å². The van der Waals surface area contributed by atoms with E-state index < -0.39 is 5.97 Å². The molecule has 0 radical (unpaired) electrons. The number of methoxy groups -OCH3 is 1. The molecule has 0 bridgehead atoms. The summed E-state index contributed by atoms with van der Waals surface area (Å²) < 4.78 is 13.7. The van der Waals surface area contributed by atoms with Crippen LogP contribution >= 0.6 is 23.1 Å². The van der Waals surface area contributed by atoms with Gasteiger partial charge < -0.3 is 39.2 Å². The molecule has 59 heavy (non-hydrogen) atoms. The minimum atomic E-state index is -0.868. The summed E-state index contributed by atoms with van der Waals surface area (Å²) in [5, 5.41) is 11.2. The maximum Gasteiger partial charge on any atom is 0.337 e. The second-order valence-corrected chi connectivity index (χ2v) is 18.2. The van der Waals surface area contributed by atoms with E-state index >= 15 is 0 Å². The van der Waals surface area contributed by atoms with E-state index in [-0.39, 0.29) is 5.97 Å². The highest BCUT2D eigenvalue weighted by Gasteiger charge is 2.32. The first-order valence-electron chi connectivity index (χ1n) is 21.1. The lowest BCUT2D eigenvalue weighted by atomic mass is 9.79. The van der Waals surface area contributed by atoms with E-state index in [1.54, 1.807) is 12.1 Å². The van der Waals surface area contributed by atoms with Gasteiger partial charge in [0.25, 0.3) is 0 Å². The molecule has 4 saturated heterocycles. The Morgan fingerprint density at radius 1 is 0.559 bits per heavy atom. The zero-order valence-corrected chi connectivity index (χ0v) is 36.8. The number of esters is 1. The quantitative estimate of drug-likeness (QED) is 0.165. The Labute approximate surface area is 357 Å². The van der Waals surface area contributed by atoms with E-state index in [9.17, 15) is 9.59 Å². The molecule has 2 aromatic carbocycles. The number of aromatic carboxylic acids is 1. The third-order valence-corrected chi connectivity index (χ3v) is 14.3. The van der Waals surface area contributed by atoms with Gasteiger partial charge in [0.15, 0.2) is 0 Å². The summed E-state index contributed by atoms with van der Waals surface area (Å²) in [4.78, 5) is 45.5. The van der Waals surface area contributed by atoms with Gasteiger partial charge in [-0.15, -0.1) is 0 Å². The van der Waals surface area contributed by atoms with E-state index in [2.05, 4.69) is 38.3 Å². The largest absolute Gasteiger partial charge is 0.478 e. The van der Waals surface area contributed by atoms with Gasteiger partial charge in [-0.05, 0) is 124 Å². The number of carboxylic acids is 1. The second-order valence-electron chi connectivity index (χ2n) is 16.7. The molecule has 4 aliphatic heterocycles. The van der Waals surface area contributed by atoms with Crippen LogP contribution in [0.5, 0.6) is 0 Å². The summed E-state index contributed by atoms with van der Waals surface area (Å²) >= 11 is 3.01. The Kier molecular flexibility index (Phi) is 14.1. The van der Waals surface area contributed by atoms with E-state index in [0.29, 0.717) is 11.1 Å². The summed E-state index contributed by atoms with van der Waals surface area (Å²) in [6, 6.07) is 15.1. The number of aromatic nitrogens is 4. The number of benzene rings is 2. The highest BCUT2D eigenvalue weighted by molar-refractivity contribution is 7.10. The second kappa shape index (κ2) is 19.6. The fourth-order valence-corrected chi connectivity index (χ4v) is 10.7. The summed E-state index contributed by atoms with van der Waals surface area (Å²) in [6.45, 7) is 8.60. The molecule has 14 nitrogen and oxygen atoms in total. The number of anilines is 6. The van der Waals surface area contributed by atoms with Crippen LogP contribution in [0.25, 0.3) is 0 Å². The Morgan fingerprint density at radius 3 is 1.17 bits per heavy atom. The van der Waals surface area contributed by atoms with Crippen LogP contribution in [0, 0.1) is 23.7 Å². The number of ether oxygens (including phenoxy) is 1. The molecule has 6 heterocycles. The van der Waals surface area contributed by atoms with E-state index in [1.807, 2.05) is 74.4 Å². The topological polar surface area (TPSA) is 135 Å². The third kappa shape index (κ3) is 10.6. The van der Waals surface area contributed by atoms with E-state index in [0.717, 1.165) is 104 Å². The summed E-state index contributed by atoms with van der Waals surface area (Å²) in [5.74, 6) is 3.67. The number of nitrogens with zero attached hydrogens (tertiary/aromatic N) is 10. The van der Waals surface area contributed by atoms with E-state index in [1.165, 1.54) is 87.2 Å². The van der Waals surface area contributed by atoms with Crippen LogP contribution in [0.3, 0.4) is 0 Å². The number of piperidine rings is 4. The Balaban J connectivity index is 0.000000179. The van der Waals surface area contributed by atoms with Gasteiger partial charge in [0.2, 0.25) is 22.2 Å². The van der Waals surface area contributed by atoms with Crippen molar-refractivity contribution < 1.29 is 19.4 Å². The molecule has 4 aliphatic rings. The van der Waals surface area contributed by atoms with Gasteiger partial charge in [-0.1, -0.05) is 0 Å². The minimum Gasteiger partial charge on any atom is -0.478 e. The molecule has 318 valence electrons. The van der Waals surface area contributed by atoms with Crippen LogP contribution < -0.4 is 29.4 Å². The normalized spacial score (nSPS) is 18.7. The fraction of sp³-hybridized carbons (Fsp3) is 0.581. The maximum atomic E-state index is 11.6. The first kappa shape index (κ1) is 42.4. The molecule has 4 aromatic rings. The van der Waals surface area contributed by atoms with Crippen molar-refractivity contribution in [3.05, 3.63) is 59.7 Å².